The zero-order valence-corrected chi connectivity index (χ0v) is 23.6. The zero-order valence-electron chi connectivity index (χ0n) is 22.0. The zero-order chi connectivity index (χ0) is 27.4. The Hall–Kier alpha value is -4.06. The molecule has 1 aromatic carbocycles. The number of methoxy groups -OCH3 is 3. The number of likely N-dealkylation sites (tertiary alicyclic amines) is 1. The lowest BCUT2D eigenvalue weighted by molar-refractivity contribution is 0.192. The van der Waals surface area contributed by atoms with Gasteiger partial charge in [-0.1, -0.05) is 6.07 Å². The van der Waals surface area contributed by atoms with Crippen LogP contribution in [0.15, 0.2) is 53.4 Å². The fourth-order valence-corrected chi connectivity index (χ4v) is 5.09. The van der Waals surface area contributed by atoms with Crippen molar-refractivity contribution in [1.29, 1.82) is 0 Å². The maximum atomic E-state index is 13.3. The lowest BCUT2D eigenvalue weighted by atomic mass is 9.94. The van der Waals surface area contributed by atoms with Crippen LogP contribution in [0.1, 0.15) is 30.0 Å². The van der Waals surface area contributed by atoms with Crippen molar-refractivity contribution in [3.8, 4) is 17.2 Å². The molecule has 4 aromatic rings. The summed E-state index contributed by atoms with van der Waals surface area (Å²) in [5.41, 5.74) is 3.24. The van der Waals surface area contributed by atoms with Crippen molar-refractivity contribution in [3.63, 3.8) is 0 Å². The van der Waals surface area contributed by atoms with E-state index in [1.165, 1.54) is 0 Å². The third kappa shape index (κ3) is 5.70. The molecule has 1 fully saturated rings. The van der Waals surface area contributed by atoms with Crippen molar-refractivity contribution in [2.75, 3.05) is 45.1 Å². The number of nitrogens with zero attached hydrogens (tertiary/aromatic N) is 5. The number of nitrogens with one attached hydrogen (secondary N) is 2. The summed E-state index contributed by atoms with van der Waals surface area (Å²) in [7, 11) is 4.63. The summed E-state index contributed by atoms with van der Waals surface area (Å²) in [5.74, 6) is 2.30. The van der Waals surface area contributed by atoms with Gasteiger partial charge in [0.25, 0.3) is 0 Å². The Morgan fingerprint density at radius 1 is 1.13 bits per heavy atom. The predicted octanol–water partition coefficient (Wildman–Crippen LogP) is 4.94. The lowest BCUT2D eigenvalue weighted by Crippen LogP contribution is -2.41. The average molecular weight is 596 g/mol. The molecule has 0 bridgehead atoms. The highest BCUT2D eigenvalue weighted by Crippen LogP contribution is 2.40. The molecular weight excluding hydrogens is 566 g/mol. The van der Waals surface area contributed by atoms with Gasteiger partial charge >= 0.3 is 6.03 Å². The van der Waals surface area contributed by atoms with Crippen molar-refractivity contribution in [3.05, 3.63) is 64.7 Å². The third-order valence-corrected chi connectivity index (χ3v) is 7.25. The quantitative estimate of drug-likeness (QED) is 0.294. The molecule has 0 saturated carbocycles. The number of anilines is 2. The Balaban J connectivity index is 1.35. The molecule has 5 rings (SSSR count). The number of pyridine rings is 1. The van der Waals surface area contributed by atoms with Crippen LogP contribution >= 0.6 is 15.9 Å². The molecule has 1 atom stereocenters. The van der Waals surface area contributed by atoms with E-state index >= 15 is 0 Å². The highest BCUT2D eigenvalue weighted by Gasteiger charge is 2.27. The molecule has 1 aliphatic rings. The molecule has 0 radical (unpaired) electrons. The second-order valence-electron chi connectivity index (χ2n) is 9.14. The number of benzene rings is 1. The molecule has 11 nitrogen and oxygen atoms in total. The number of rotatable bonds is 8. The lowest BCUT2D eigenvalue weighted by Gasteiger charge is -2.32. The number of hydrogen-bond donors (Lipinski definition) is 2. The van der Waals surface area contributed by atoms with Gasteiger partial charge in [0, 0.05) is 56.1 Å². The number of piperidine rings is 1. The highest BCUT2D eigenvalue weighted by molar-refractivity contribution is 9.10. The van der Waals surface area contributed by atoms with Crippen LogP contribution in [0.4, 0.5) is 16.3 Å². The summed E-state index contributed by atoms with van der Waals surface area (Å²) < 4.78 is 18.8. The van der Waals surface area contributed by atoms with E-state index in [4.69, 9.17) is 19.2 Å². The first-order valence-electron chi connectivity index (χ1n) is 12.5. The largest absolute Gasteiger partial charge is 0.493 e. The molecular formula is C27H30BrN7O4. The fourth-order valence-electron chi connectivity index (χ4n) is 4.74. The minimum absolute atomic E-state index is 0.0650. The van der Waals surface area contributed by atoms with E-state index in [2.05, 4.69) is 36.6 Å². The molecule has 1 aliphatic heterocycles. The summed E-state index contributed by atoms with van der Waals surface area (Å²) in [6, 6.07) is 9.18. The van der Waals surface area contributed by atoms with E-state index in [0.29, 0.717) is 42.6 Å². The average Bonchev–Trinajstić information content (AvgIpc) is 3.36. The van der Waals surface area contributed by atoms with Gasteiger partial charge in [-0.2, -0.15) is 9.61 Å². The summed E-state index contributed by atoms with van der Waals surface area (Å²) in [5, 5.41) is 10.9. The van der Waals surface area contributed by atoms with Gasteiger partial charge in [-0.3, -0.25) is 4.98 Å². The van der Waals surface area contributed by atoms with E-state index < -0.39 is 0 Å². The number of amides is 2. The minimum Gasteiger partial charge on any atom is -0.493 e. The Bertz CT molecular complexity index is 1440. The topological polar surface area (TPSA) is 115 Å². The highest BCUT2D eigenvalue weighted by atomic mass is 79.9. The number of ether oxygens (including phenoxy) is 3. The van der Waals surface area contributed by atoms with Gasteiger partial charge in [-0.05, 0) is 40.4 Å². The van der Waals surface area contributed by atoms with E-state index in [9.17, 15) is 4.79 Å². The van der Waals surface area contributed by atoms with E-state index in [-0.39, 0.29) is 11.9 Å². The molecule has 2 amide bonds. The standard InChI is InChI=1S/C27H30BrN7O4/c1-37-22-10-19(11-23(38-2)25(22)39-3)32-27(36)34-9-5-7-18(16-34)21-12-24(30-14-17-6-4-8-29-13-17)35-26(33-21)20(28)15-31-35/h4,6,8,10-13,15,18,30H,5,7,9,14,16H2,1-3H3,(H,32,36). The monoisotopic (exact) mass is 595 g/mol. The van der Waals surface area contributed by atoms with Crippen LogP contribution in [0, 0.1) is 0 Å². The number of aromatic nitrogens is 4. The third-order valence-electron chi connectivity index (χ3n) is 6.69. The van der Waals surface area contributed by atoms with Gasteiger partial charge in [-0.25, -0.2) is 9.78 Å². The molecule has 12 heteroatoms. The van der Waals surface area contributed by atoms with E-state index in [0.717, 1.165) is 40.0 Å². The maximum Gasteiger partial charge on any atom is 0.321 e. The van der Waals surface area contributed by atoms with Crippen molar-refractivity contribution < 1.29 is 19.0 Å². The van der Waals surface area contributed by atoms with Crippen LogP contribution in [0.5, 0.6) is 17.2 Å². The molecule has 4 heterocycles. The van der Waals surface area contributed by atoms with Gasteiger partial charge in [0.05, 0.1) is 43.4 Å². The molecule has 1 saturated heterocycles. The van der Waals surface area contributed by atoms with Gasteiger partial charge < -0.3 is 29.7 Å². The first kappa shape index (κ1) is 26.5. The Labute approximate surface area is 234 Å². The fraction of sp³-hybridized carbons (Fsp3) is 0.333. The SMILES string of the molecule is COc1cc(NC(=O)N2CCCC(c3cc(NCc4cccnc4)n4ncc(Br)c4n3)C2)cc(OC)c1OC. The van der Waals surface area contributed by atoms with Crippen molar-refractivity contribution in [1.82, 2.24) is 24.5 Å². The smallest absolute Gasteiger partial charge is 0.321 e. The Morgan fingerprint density at radius 2 is 1.92 bits per heavy atom. The van der Waals surface area contributed by atoms with Crippen molar-refractivity contribution >= 4 is 39.1 Å². The molecule has 39 heavy (non-hydrogen) atoms. The second-order valence-corrected chi connectivity index (χ2v) is 9.99. The first-order chi connectivity index (χ1) is 19.0. The molecule has 2 N–H and O–H groups in total. The van der Waals surface area contributed by atoms with Crippen LogP contribution in [0.3, 0.4) is 0 Å². The van der Waals surface area contributed by atoms with Crippen LogP contribution in [0.25, 0.3) is 5.65 Å². The molecule has 0 aliphatic carbocycles. The Kier molecular flexibility index (Phi) is 8.01. The summed E-state index contributed by atoms with van der Waals surface area (Å²) in [4.78, 5) is 24.2. The van der Waals surface area contributed by atoms with Gasteiger partial charge in [-0.15, -0.1) is 0 Å². The van der Waals surface area contributed by atoms with Crippen LogP contribution in [-0.4, -0.2) is 64.9 Å². The van der Waals surface area contributed by atoms with Crippen molar-refractivity contribution in [2.24, 2.45) is 0 Å². The van der Waals surface area contributed by atoms with Crippen LogP contribution in [0.2, 0.25) is 0 Å². The van der Waals surface area contributed by atoms with Crippen LogP contribution in [-0.2, 0) is 6.54 Å². The van der Waals surface area contributed by atoms with Gasteiger partial charge in [0.2, 0.25) is 5.75 Å². The molecule has 1 unspecified atom stereocenters. The van der Waals surface area contributed by atoms with Gasteiger partial charge in [0.15, 0.2) is 17.1 Å². The Morgan fingerprint density at radius 3 is 2.62 bits per heavy atom. The van der Waals surface area contributed by atoms with Crippen LogP contribution < -0.4 is 24.8 Å². The minimum atomic E-state index is -0.199. The summed E-state index contributed by atoms with van der Waals surface area (Å²) in [6.45, 7) is 1.78. The number of carbonyl (C=O) groups is 1. The summed E-state index contributed by atoms with van der Waals surface area (Å²) in [6.07, 6.45) is 7.10. The summed E-state index contributed by atoms with van der Waals surface area (Å²) >= 11 is 3.57. The maximum absolute atomic E-state index is 13.3. The normalized spacial score (nSPS) is 15.2. The molecule has 3 aromatic heterocycles. The van der Waals surface area contributed by atoms with E-state index in [1.54, 1.807) is 50.4 Å². The van der Waals surface area contributed by atoms with Crippen molar-refractivity contribution in [2.45, 2.75) is 25.3 Å². The second kappa shape index (κ2) is 11.8. The first-order valence-corrected chi connectivity index (χ1v) is 13.3. The number of urea groups is 1. The van der Waals surface area contributed by atoms with Gasteiger partial charge in [0.1, 0.15) is 5.82 Å². The number of carbonyl (C=O) groups excluding carboxylic acids is 1. The number of fused-ring (bicyclic) bond motifs is 1. The number of halogens is 1. The molecule has 0 spiro atoms. The predicted molar refractivity (Wildman–Crippen MR) is 151 cm³/mol. The number of hydrogen-bond acceptors (Lipinski definition) is 8. The molecule has 204 valence electrons. The van der Waals surface area contributed by atoms with E-state index in [1.807, 2.05) is 29.3 Å².